The van der Waals surface area contributed by atoms with Gasteiger partial charge < -0.3 is 4.90 Å². The summed E-state index contributed by atoms with van der Waals surface area (Å²) in [5.41, 5.74) is 0. The fourth-order valence-electron chi connectivity index (χ4n) is 1.05. The largest absolute Gasteiger partial charge is 0.360 e. The van der Waals surface area contributed by atoms with E-state index in [2.05, 4.69) is 22.9 Å². The third-order valence-electron chi connectivity index (χ3n) is 2.00. The van der Waals surface area contributed by atoms with Gasteiger partial charge in [-0.1, -0.05) is 17.7 Å². The van der Waals surface area contributed by atoms with Crippen LogP contribution in [0.3, 0.4) is 0 Å². The van der Waals surface area contributed by atoms with E-state index in [1.807, 2.05) is 19.2 Å². The van der Waals surface area contributed by atoms with Crippen LogP contribution in [0.4, 0.5) is 0 Å². The van der Waals surface area contributed by atoms with Gasteiger partial charge in [0.1, 0.15) is 11.0 Å². The maximum atomic E-state index is 5.90. The molecule has 13 heavy (non-hydrogen) atoms. The lowest BCUT2D eigenvalue weighted by molar-refractivity contribution is 0.538. The maximum absolute atomic E-state index is 5.90. The van der Waals surface area contributed by atoms with E-state index in [-0.39, 0.29) is 0 Å². The Morgan fingerprint density at radius 2 is 2.31 bits per heavy atom. The molecule has 0 aromatic heterocycles. The first-order valence-corrected chi connectivity index (χ1v) is 4.94. The van der Waals surface area contributed by atoms with E-state index in [1.54, 1.807) is 0 Å². The summed E-state index contributed by atoms with van der Waals surface area (Å²) in [6.07, 6.45) is 8.12. The summed E-state index contributed by atoms with van der Waals surface area (Å²) in [7, 11) is 2.01. The zero-order chi connectivity index (χ0) is 9.68. The Morgan fingerprint density at radius 1 is 1.54 bits per heavy atom. The third kappa shape index (κ3) is 3.23. The van der Waals surface area contributed by atoms with Gasteiger partial charge >= 0.3 is 0 Å². The molecular formula is C10H15ClN2. The van der Waals surface area contributed by atoms with Crippen LogP contribution in [0, 0.1) is 0 Å². The molecule has 0 aromatic rings. The molecule has 3 heteroatoms. The maximum Gasteiger partial charge on any atom is 0.129 e. The van der Waals surface area contributed by atoms with E-state index in [4.69, 9.17) is 11.6 Å². The monoisotopic (exact) mass is 198 g/mol. The average Bonchev–Trinajstić information content (AvgIpc) is 2.10. The van der Waals surface area contributed by atoms with Crippen LogP contribution >= 0.6 is 11.6 Å². The van der Waals surface area contributed by atoms with Gasteiger partial charge in [0.05, 0.1) is 0 Å². The van der Waals surface area contributed by atoms with Crippen LogP contribution in [0.5, 0.6) is 0 Å². The second-order valence-electron chi connectivity index (χ2n) is 2.99. The molecule has 0 fully saturated rings. The molecule has 1 aliphatic heterocycles. The summed E-state index contributed by atoms with van der Waals surface area (Å²) in [4.78, 5) is 6.36. The van der Waals surface area contributed by atoms with E-state index in [0.717, 1.165) is 25.2 Å². The normalized spacial score (nSPS) is 17.2. The Hall–Kier alpha value is -0.760. The molecule has 0 radical (unpaired) electrons. The number of nitrogens with zero attached hydrogens (tertiary/aromatic N) is 2. The SMILES string of the molecule is CCN(C)C1=NC(Cl)=CCCC=C1. The Kier molecular flexibility index (Phi) is 4.03. The van der Waals surface area contributed by atoms with Crippen LogP contribution in [0.1, 0.15) is 19.8 Å². The van der Waals surface area contributed by atoms with E-state index in [9.17, 15) is 0 Å². The van der Waals surface area contributed by atoms with Gasteiger partial charge in [0.25, 0.3) is 0 Å². The second-order valence-corrected chi connectivity index (χ2v) is 3.38. The molecule has 0 saturated heterocycles. The zero-order valence-electron chi connectivity index (χ0n) is 8.13. The van der Waals surface area contributed by atoms with Crippen LogP contribution in [0.25, 0.3) is 0 Å². The molecule has 1 aliphatic rings. The molecular weight excluding hydrogens is 184 g/mol. The lowest BCUT2D eigenvalue weighted by atomic mass is 10.2. The van der Waals surface area contributed by atoms with Crippen molar-refractivity contribution in [3.05, 3.63) is 23.4 Å². The number of hydrogen-bond acceptors (Lipinski definition) is 2. The Labute approximate surface area is 84.6 Å². The van der Waals surface area contributed by atoms with Crippen molar-refractivity contribution >= 4 is 17.4 Å². The second kappa shape index (κ2) is 5.07. The number of likely N-dealkylation sites (N-methyl/N-ethyl adjacent to an activating group) is 1. The van der Waals surface area contributed by atoms with Gasteiger partial charge in [-0.25, -0.2) is 4.99 Å². The van der Waals surface area contributed by atoms with Crippen LogP contribution in [0.15, 0.2) is 28.4 Å². The van der Waals surface area contributed by atoms with Gasteiger partial charge in [-0.05, 0) is 31.9 Å². The molecule has 0 aromatic carbocycles. The minimum atomic E-state index is 0.597. The number of allylic oxidation sites excluding steroid dienone is 2. The van der Waals surface area contributed by atoms with Crippen molar-refractivity contribution in [3.8, 4) is 0 Å². The quantitative estimate of drug-likeness (QED) is 0.592. The van der Waals surface area contributed by atoms with Crippen molar-refractivity contribution < 1.29 is 0 Å². The summed E-state index contributed by atoms with van der Waals surface area (Å²) < 4.78 is 0. The Bertz CT molecular complexity index is 254. The van der Waals surface area contributed by atoms with E-state index < -0.39 is 0 Å². The topological polar surface area (TPSA) is 15.6 Å². The first-order valence-electron chi connectivity index (χ1n) is 4.56. The number of rotatable bonds is 1. The third-order valence-corrected chi connectivity index (χ3v) is 2.24. The van der Waals surface area contributed by atoms with Gasteiger partial charge in [-0.2, -0.15) is 0 Å². The van der Waals surface area contributed by atoms with Crippen molar-refractivity contribution in [3.63, 3.8) is 0 Å². The summed E-state index contributed by atoms with van der Waals surface area (Å²) in [5.74, 6) is 0.934. The van der Waals surface area contributed by atoms with E-state index >= 15 is 0 Å². The summed E-state index contributed by atoms with van der Waals surface area (Å²) in [6.45, 7) is 3.03. The van der Waals surface area contributed by atoms with Crippen molar-refractivity contribution in [1.82, 2.24) is 4.90 Å². The zero-order valence-corrected chi connectivity index (χ0v) is 8.88. The fourth-order valence-corrected chi connectivity index (χ4v) is 1.25. The Morgan fingerprint density at radius 3 is 3.00 bits per heavy atom. The summed E-state index contributed by atoms with van der Waals surface area (Å²) in [6, 6.07) is 0. The van der Waals surface area contributed by atoms with Crippen molar-refractivity contribution in [1.29, 1.82) is 0 Å². The standard InChI is InChI=1S/C10H15ClN2/c1-3-13(2)10-8-6-4-5-7-9(11)12-10/h6-8H,3-5H2,1-2H3. The van der Waals surface area contributed by atoms with Crippen LogP contribution < -0.4 is 0 Å². The number of amidine groups is 1. The highest BCUT2D eigenvalue weighted by molar-refractivity contribution is 6.30. The smallest absolute Gasteiger partial charge is 0.129 e. The molecule has 0 unspecified atom stereocenters. The lowest BCUT2D eigenvalue weighted by Crippen LogP contribution is -2.24. The van der Waals surface area contributed by atoms with Crippen molar-refractivity contribution in [2.45, 2.75) is 19.8 Å². The predicted molar refractivity (Wildman–Crippen MR) is 58.0 cm³/mol. The average molecular weight is 199 g/mol. The molecule has 0 amide bonds. The highest BCUT2D eigenvalue weighted by atomic mass is 35.5. The van der Waals surface area contributed by atoms with E-state index in [1.165, 1.54) is 0 Å². The number of hydrogen-bond donors (Lipinski definition) is 0. The molecule has 0 saturated carbocycles. The van der Waals surface area contributed by atoms with Gasteiger partial charge in [0.2, 0.25) is 0 Å². The van der Waals surface area contributed by atoms with E-state index in [0.29, 0.717) is 5.16 Å². The first kappa shape index (κ1) is 10.3. The van der Waals surface area contributed by atoms with Crippen LogP contribution in [-0.4, -0.2) is 24.3 Å². The molecule has 72 valence electrons. The summed E-state index contributed by atoms with van der Waals surface area (Å²) in [5, 5.41) is 0.597. The molecule has 0 spiro atoms. The molecule has 0 atom stereocenters. The number of aliphatic imine (C=N–C) groups is 1. The van der Waals surface area contributed by atoms with Crippen molar-refractivity contribution in [2.24, 2.45) is 4.99 Å². The molecule has 0 N–H and O–H groups in total. The molecule has 1 heterocycles. The fraction of sp³-hybridized carbons (Fsp3) is 0.500. The van der Waals surface area contributed by atoms with Gasteiger partial charge in [0, 0.05) is 13.6 Å². The minimum absolute atomic E-state index is 0.597. The van der Waals surface area contributed by atoms with Gasteiger partial charge in [-0.3, -0.25) is 0 Å². The lowest BCUT2D eigenvalue weighted by Gasteiger charge is -2.16. The minimum Gasteiger partial charge on any atom is -0.360 e. The summed E-state index contributed by atoms with van der Waals surface area (Å²) >= 11 is 5.90. The van der Waals surface area contributed by atoms with Crippen LogP contribution in [0.2, 0.25) is 0 Å². The highest BCUT2D eigenvalue weighted by Crippen LogP contribution is 2.11. The van der Waals surface area contributed by atoms with Crippen molar-refractivity contribution in [2.75, 3.05) is 13.6 Å². The molecule has 1 rings (SSSR count). The predicted octanol–water partition coefficient (Wildman–Crippen LogP) is 2.77. The van der Waals surface area contributed by atoms with Gasteiger partial charge in [-0.15, -0.1) is 0 Å². The Balaban J connectivity index is 2.84. The van der Waals surface area contributed by atoms with Gasteiger partial charge in [0.15, 0.2) is 0 Å². The number of halogens is 1. The van der Waals surface area contributed by atoms with Crippen LogP contribution in [-0.2, 0) is 0 Å². The molecule has 0 bridgehead atoms. The highest BCUT2D eigenvalue weighted by Gasteiger charge is 2.02. The first-order chi connectivity index (χ1) is 6.24. The molecule has 0 aliphatic carbocycles. The molecule has 2 nitrogen and oxygen atoms in total.